The number of aryl methyl sites for hydroxylation is 1. The lowest BCUT2D eigenvalue weighted by molar-refractivity contribution is 0.598. The van der Waals surface area contributed by atoms with Gasteiger partial charge in [-0.1, -0.05) is 11.6 Å². The fourth-order valence-corrected chi connectivity index (χ4v) is 2.00. The molecule has 1 aromatic carbocycles. The monoisotopic (exact) mass is 247 g/mol. The zero-order valence-electron chi connectivity index (χ0n) is 8.63. The van der Waals surface area contributed by atoms with E-state index in [2.05, 4.69) is 12.6 Å². The van der Waals surface area contributed by atoms with Gasteiger partial charge in [0.25, 0.3) is 0 Å². The van der Waals surface area contributed by atoms with Gasteiger partial charge in [0.1, 0.15) is 0 Å². The van der Waals surface area contributed by atoms with Crippen molar-refractivity contribution in [3.8, 4) is 0 Å². The van der Waals surface area contributed by atoms with Crippen molar-refractivity contribution >= 4 is 24.2 Å². The van der Waals surface area contributed by atoms with Crippen LogP contribution >= 0.6 is 24.2 Å². The first kappa shape index (κ1) is 12.8. The minimum Gasteiger partial charge on any atom is -0.328 e. The summed E-state index contributed by atoms with van der Waals surface area (Å²) in [6.07, 6.45) is 2.79. The minimum atomic E-state index is -0.448. The average Bonchev–Trinajstić information content (AvgIpc) is 2.13. The van der Waals surface area contributed by atoms with Gasteiger partial charge in [0.05, 0.1) is 5.02 Å². The van der Waals surface area contributed by atoms with E-state index in [1.54, 1.807) is 12.1 Å². The van der Waals surface area contributed by atoms with Crippen LogP contribution in [0.4, 0.5) is 4.39 Å². The topological polar surface area (TPSA) is 26.0 Å². The molecule has 84 valence electrons. The van der Waals surface area contributed by atoms with Crippen LogP contribution in [0.2, 0.25) is 5.02 Å². The lowest BCUT2D eigenvalue weighted by Crippen LogP contribution is -2.14. The summed E-state index contributed by atoms with van der Waals surface area (Å²) >= 11 is 9.73. The molecule has 1 nitrogen and oxygen atoms in total. The van der Waals surface area contributed by atoms with Crippen LogP contribution in [0, 0.1) is 5.82 Å². The van der Waals surface area contributed by atoms with E-state index in [0.29, 0.717) is 4.90 Å². The molecule has 0 aliphatic heterocycles. The van der Waals surface area contributed by atoms with E-state index in [-0.39, 0.29) is 11.1 Å². The van der Waals surface area contributed by atoms with E-state index in [9.17, 15) is 4.39 Å². The molecule has 0 aliphatic carbocycles. The summed E-state index contributed by atoms with van der Waals surface area (Å²) in [6, 6.07) is 3.57. The van der Waals surface area contributed by atoms with E-state index in [1.165, 1.54) is 0 Å². The average molecular weight is 248 g/mol. The molecule has 0 heterocycles. The maximum atomic E-state index is 13.1. The standard InChI is InChI=1S/C11H15ClFNS/c1-7(14)3-2-4-8-5-9(12)11(13)10(15)6-8/h5-7,15H,2-4,14H2,1H3/t7-/m0/s1. The number of halogens is 2. The number of hydrogen-bond donors (Lipinski definition) is 2. The van der Waals surface area contributed by atoms with Gasteiger partial charge in [-0.15, -0.1) is 12.6 Å². The van der Waals surface area contributed by atoms with Crippen LogP contribution in [0.1, 0.15) is 25.3 Å². The molecule has 15 heavy (non-hydrogen) atoms. The second-order valence-electron chi connectivity index (χ2n) is 3.78. The quantitative estimate of drug-likeness (QED) is 0.784. The predicted molar refractivity (Wildman–Crippen MR) is 65.2 cm³/mol. The van der Waals surface area contributed by atoms with Crippen molar-refractivity contribution in [3.05, 3.63) is 28.5 Å². The summed E-state index contributed by atoms with van der Waals surface area (Å²) in [5, 5.41) is 0.137. The highest BCUT2D eigenvalue weighted by Gasteiger charge is 2.06. The predicted octanol–water partition coefficient (Wildman–Crippen LogP) is 3.44. The third kappa shape index (κ3) is 4.01. The van der Waals surface area contributed by atoms with E-state index < -0.39 is 5.82 Å². The van der Waals surface area contributed by atoms with Gasteiger partial charge in [0.15, 0.2) is 5.82 Å². The highest BCUT2D eigenvalue weighted by Crippen LogP contribution is 2.24. The van der Waals surface area contributed by atoms with Crippen molar-refractivity contribution in [2.75, 3.05) is 0 Å². The van der Waals surface area contributed by atoms with Gasteiger partial charge in [-0.3, -0.25) is 0 Å². The fourth-order valence-electron chi connectivity index (χ4n) is 1.40. The van der Waals surface area contributed by atoms with Crippen LogP contribution < -0.4 is 5.73 Å². The molecule has 0 aliphatic rings. The third-order valence-electron chi connectivity index (χ3n) is 2.19. The molecule has 1 aromatic rings. The largest absolute Gasteiger partial charge is 0.328 e. The number of thiol groups is 1. The molecule has 0 saturated carbocycles. The van der Waals surface area contributed by atoms with E-state index in [0.717, 1.165) is 24.8 Å². The maximum absolute atomic E-state index is 13.1. The molecule has 0 amide bonds. The molecular weight excluding hydrogens is 233 g/mol. The molecule has 0 aromatic heterocycles. The van der Waals surface area contributed by atoms with Crippen molar-refractivity contribution in [1.29, 1.82) is 0 Å². The Morgan fingerprint density at radius 3 is 2.73 bits per heavy atom. The van der Waals surface area contributed by atoms with Crippen LogP contribution in [0.3, 0.4) is 0 Å². The van der Waals surface area contributed by atoms with Gasteiger partial charge in [0.2, 0.25) is 0 Å². The SMILES string of the molecule is C[C@H](N)CCCc1cc(S)c(F)c(Cl)c1. The summed E-state index contributed by atoms with van der Waals surface area (Å²) in [4.78, 5) is 0.304. The summed E-state index contributed by atoms with van der Waals surface area (Å²) in [6.45, 7) is 1.97. The Hall–Kier alpha value is -0.250. The summed E-state index contributed by atoms with van der Waals surface area (Å²) in [5.74, 6) is -0.448. The van der Waals surface area contributed by atoms with Gasteiger partial charge < -0.3 is 5.73 Å². The van der Waals surface area contributed by atoms with Crippen molar-refractivity contribution in [3.63, 3.8) is 0 Å². The van der Waals surface area contributed by atoms with E-state index in [4.69, 9.17) is 17.3 Å². The minimum absolute atomic E-state index is 0.137. The van der Waals surface area contributed by atoms with Crippen LogP contribution in [-0.4, -0.2) is 6.04 Å². The lowest BCUT2D eigenvalue weighted by Gasteiger charge is -2.07. The van der Waals surface area contributed by atoms with Gasteiger partial charge in [-0.25, -0.2) is 4.39 Å². The molecule has 1 atom stereocenters. The van der Waals surface area contributed by atoms with Crippen LogP contribution in [0.15, 0.2) is 17.0 Å². The Labute approximate surface area is 100 Å². The first-order chi connectivity index (χ1) is 7.00. The van der Waals surface area contributed by atoms with E-state index >= 15 is 0 Å². The Bertz CT molecular complexity index is 318. The van der Waals surface area contributed by atoms with Crippen molar-refractivity contribution in [1.82, 2.24) is 0 Å². The van der Waals surface area contributed by atoms with Crippen molar-refractivity contribution in [2.24, 2.45) is 5.73 Å². The first-order valence-electron chi connectivity index (χ1n) is 4.93. The first-order valence-corrected chi connectivity index (χ1v) is 5.75. The molecule has 2 N–H and O–H groups in total. The molecular formula is C11H15ClFNS. The number of hydrogen-bond acceptors (Lipinski definition) is 2. The normalized spacial score (nSPS) is 12.9. The second kappa shape index (κ2) is 5.73. The summed E-state index contributed by atoms with van der Waals surface area (Å²) in [5.41, 5.74) is 6.65. The number of nitrogens with two attached hydrogens (primary N) is 1. The lowest BCUT2D eigenvalue weighted by atomic mass is 10.1. The van der Waals surface area contributed by atoms with Crippen LogP contribution in [-0.2, 0) is 6.42 Å². The highest BCUT2D eigenvalue weighted by molar-refractivity contribution is 7.80. The molecule has 0 fully saturated rings. The molecule has 0 saturated heterocycles. The Kier molecular flexibility index (Phi) is 4.90. The van der Waals surface area contributed by atoms with Crippen molar-refractivity contribution in [2.45, 2.75) is 37.1 Å². The molecule has 0 unspecified atom stereocenters. The molecule has 1 rings (SSSR count). The molecule has 0 spiro atoms. The van der Waals surface area contributed by atoms with Gasteiger partial charge in [-0.05, 0) is 43.9 Å². The zero-order valence-corrected chi connectivity index (χ0v) is 10.3. The van der Waals surface area contributed by atoms with Crippen LogP contribution in [0.5, 0.6) is 0 Å². The summed E-state index contributed by atoms with van der Waals surface area (Å²) in [7, 11) is 0. The smallest absolute Gasteiger partial charge is 0.155 e. The molecule has 4 heteroatoms. The Morgan fingerprint density at radius 2 is 2.20 bits per heavy atom. The van der Waals surface area contributed by atoms with Gasteiger partial charge in [-0.2, -0.15) is 0 Å². The second-order valence-corrected chi connectivity index (χ2v) is 4.67. The fraction of sp³-hybridized carbons (Fsp3) is 0.455. The van der Waals surface area contributed by atoms with Gasteiger partial charge in [0, 0.05) is 10.9 Å². The third-order valence-corrected chi connectivity index (χ3v) is 2.79. The number of rotatable bonds is 4. The zero-order chi connectivity index (χ0) is 11.4. The molecule has 0 radical (unpaired) electrons. The Morgan fingerprint density at radius 1 is 1.53 bits per heavy atom. The van der Waals surface area contributed by atoms with Crippen molar-refractivity contribution < 1.29 is 4.39 Å². The summed E-state index contributed by atoms with van der Waals surface area (Å²) < 4.78 is 13.1. The number of benzene rings is 1. The maximum Gasteiger partial charge on any atom is 0.155 e. The Balaban J connectivity index is 2.63. The highest BCUT2D eigenvalue weighted by atomic mass is 35.5. The van der Waals surface area contributed by atoms with Gasteiger partial charge >= 0.3 is 0 Å². The molecule has 0 bridgehead atoms. The van der Waals surface area contributed by atoms with Crippen LogP contribution in [0.25, 0.3) is 0 Å². The van der Waals surface area contributed by atoms with E-state index in [1.807, 2.05) is 6.92 Å².